The van der Waals surface area contributed by atoms with Gasteiger partial charge < -0.3 is 24.8 Å². The van der Waals surface area contributed by atoms with E-state index in [1.165, 1.54) is 0 Å². The summed E-state index contributed by atoms with van der Waals surface area (Å²) in [4.78, 5) is 8.77. The standard InChI is InChI=1S/C20H28N4O3.HI/c1-7-27-18-10-15(8-9-17(18)25-5)24-20(21-4)23-12-16-14(3)19(26-6)13(2)11-22-16;/h8-11H,7,12H2,1-6H3,(H2,21,23,24);1H. The average molecular weight is 500 g/mol. The maximum absolute atomic E-state index is 5.62. The van der Waals surface area contributed by atoms with Crippen molar-refractivity contribution in [2.75, 3.05) is 33.2 Å². The van der Waals surface area contributed by atoms with Gasteiger partial charge in [0.1, 0.15) is 5.75 Å². The number of ether oxygens (including phenoxy) is 3. The van der Waals surface area contributed by atoms with E-state index in [9.17, 15) is 0 Å². The first-order valence-electron chi connectivity index (χ1n) is 8.81. The fourth-order valence-corrected chi connectivity index (χ4v) is 2.76. The van der Waals surface area contributed by atoms with Gasteiger partial charge in [0.2, 0.25) is 0 Å². The molecule has 0 aliphatic rings. The minimum Gasteiger partial charge on any atom is -0.496 e. The van der Waals surface area contributed by atoms with Crippen LogP contribution in [0.3, 0.4) is 0 Å². The van der Waals surface area contributed by atoms with Crippen LogP contribution in [0.5, 0.6) is 17.2 Å². The fraction of sp³-hybridized carbons (Fsp3) is 0.400. The van der Waals surface area contributed by atoms with Crippen molar-refractivity contribution in [3.05, 3.63) is 41.2 Å². The van der Waals surface area contributed by atoms with Gasteiger partial charge in [-0.1, -0.05) is 0 Å². The van der Waals surface area contributed by atoms with Crippen LogP contribution in [0.4, 0.5) is 5.69 Å². The normalized spacial score (nSPS) is 10.7. The van der Waals surface area contributed by atoms with Crippen molar-refractivity contribution in [3.8, 4) is 17.2 Å². The van der Waals surface area contributed by atoms with E-state index in [1.54, 1.807) is 21.3 Å². The summed E-state index contributed by atoms with van der Waals surface area (Å²) in [6.07, 6.45) is 1.82. The molecule has 1 aromatic heterocycles. The van der Waals surface area contributed by atoms with Crippen LogP contribution in [-0.4, -0.2) is 38.8 Å². The van der Waals surface area contributed by atoms with Crippen LogP contribution in [0.1, 0.15) is 23.7 Å². The summed E-state index contributed by atoms with van der Waals surface area (Å²) >= 11 is 0. The lowest BCUT2D eigenvalue weighted by atomic mass is 10.1. The minimum absolute atomic E-state index is 0. The molecule has 0 unspecified atom stereocenters. The van der Waals surface area contributed by atoms with Crippen LogP contribution >= 0.6 is 24.0 Å². The third kappa shape index (κ3) is 5.88. The third-order valence-electron chi connectivity index (χ3n) is 4.12. The fourth-order valence-electron chi connectivity index (χ4n) is 2.76. The van der Waals surface area contributed by atoms with E-state index in [0.717, 1.165) is 28.3 Å². The first kappa shape index (κ1) is 23.8. The Hall–Kier alpha value is -2.23. The number of nitrogens with one attached hydrogen (secondary N) is 2. The van der Waals surface area contributed by atoms with Crippen molar-refractivity contribution < 1.29 is 14.2 Å². The lowest BCUT2D eigenvalue weighted by Gasteiger charge is -2.16. The molecule has 8 heteroatoms. The summed E-state index contributed by atoms with van der Waals surface area (Å²) in [5, 5.41) is 6.53. The Labute approximate surface area is 183 Å². The van der Waals surface area contributed by atoms with Gasteiger partial charge in [0.05, 0.1) is 33.1 Å². The molecule has 0 fully saturated rings. The van der Waals surface area contributed by atoms with Gasteiger partial charge in [-0.2, -0.15) is 0 Å². The number of aromatic nitrogens is 1. The summed E-state index contributed by atoms with van der Waals surface area (Å²) < 4.78 is 16.4. The maximum atomic E-state index is 5.62. The Morgan fingerprint density at radius 2 is 1.89 bits per heavy atom. The quantitative estimate of drug-likeness (QED) is 0.341. The number of halogens is 1. The molecule has 0 aliphatic heterocycles. The van der Waals surface area contributed by atoms with E-state index in [-0.39, 0.29) is 24.0 Å². The summed E-state index contributed by atoms with van der Waals surface area (Å²) in [7, 11) is 5.02. The second-order valence-electron chi connectivity index (χ2n) is 5.90. The maximum Gasteiger partial charge on any atom is 0.195 e. The first-order chi connectivity index (χ1) is 13.0. The average Bonchev–Trinajstić information content (AvgIpc) is 2.67. The van der Waals surface area contributed by atoms with E-state index in [2.05, 4.69) is 20.6 Å². The van der Waals surface area contributed by atoms with Gasteiger partial charge in [-0.15, -0.1) is 24.0 Å². The van der Waals surface area contributed by atoms with Crippen molar-refractivity contribution in [2.24, 2.45) is 4.99 Å². The lowest BCUT2D eigenvalue weighted by Crippen LogP contribution is -2.30. The van der Waals surface area contributed by atoms with Gasteiger partial charge >= 0.3 is 0 Å². The van der Waals surface area contributed by atoms with E-state index in [4.69, 9.17) is 14.2 Å². The largest absolute Gasteiger partial charge is 0.496 e. The highest BCUT2D eigenvalue weighted by Gasteiger charge is 2.11. The predicted molar refractivity (Wildman–Crippen MR) is 124 cm³/mol. The number of pyridine rings is 1. The molecule has 0 atom stereocenters. The minimum atomic E-state index is 0. The molecule has 0 amide bonds. The van der Waals surface area contributed by atoms with Crippen LogP contribution < -0.4 is 24.8 Å². The zero-order chi connectivity index (χ0) is 19.8. The molecule has 1 aromatic carbocycles. The molecule has 1 heterocycles. The van der Waals surface area contributed by atoms with Gasteiger partial charge in [0, 0.05) is 36.1 Å². The molecule has 0 bridgehead atoms. The van der Waals surface area contributed by atoms with Crippen molar-refractivity contribution in [1.29, 1.82) is 0 Å². The highest BCUT2D eigenvalue weighted by atomic mass is 127. The van der Waals surface area contributed by atoms with Crippen LogP contribution in [0.15, 0.2) is 29.4 Å². The second kappa shape index (κ2) is 11.6. The lowest BCUT2D eigenvalue weighted by molar-refractivity contribution is 0.311. The van der Waals surface area contributed by atoms with Crippen LogP contribution in [0.25, 0.3) is 0 Å². The second-order valence-corrected chi connectivity index (χ2v) is 5.90. The molecule has 2 rings (SSSR count). The van der Waals surface area contributed by atoms with Gasteiger partial charge in [0.15, 0.2) is 17.5 Å². The number of hydrogen-bond donors (Lipinski definition) is 2. The third-order valence-corrected chi connectivity index (χ3v) is 4.12. The Morgan fingerprint density at radius 1 is 1.14 bits per heavy atom. The number of methoxy groups -OCH3 is 2. The molecule has 28 heavy (non-hydrogen) atoms. The Balaban J connectivity index is 0.00000392. The van der Waals surface area contributed by atoms with Crippen molar-refractivity contribution in [2.45, 2.75) is 27.3 Å². The molecular weight excluding hydrogens is 471 g/mol. The van der Waals surface area contributed by atoms with E-state index < -0.39 is 0 Å². The molecule has 154 valence electrons. The summed E-state index contributed by atoms with van der Waals surface area (Å²) in [6.45, 7) is 7.01. The Kier molecular flexibility index (Phi) is 9.84. The number of aliphatic imine (C=N–C) groups is 1. The highest BCUT2D eigenvalue weighted by Crippen LogP contribution is 2.30. The number of anilines is 1. The number of aryl methyl sites for hydroxylation is 1. The molecule has 0 spiro atoms. The molecule has 2 aromatic rings. The van der Waals surface area contributed by atoms with Crippen LogP contribution in [0, 0.1) is 13.8 Å². The Morgan fingerprint density at radius 3 is 2.50 bits per heavy atom. The van der Waals surface area contributed by atoms with Crippen LogP contribution in [0.2, 0.25) is 0 Å². The topological polar surface area (TPSA) is 77.0 Å². The molecule has 2 N–H and O–H groups in total. The van der Waals surface area contributed by atoms with Crippen molar-refractivity contribution in [1.82, 2.24) is 10.3 Å². The number of nitrogens with zero attached hydrogens (tertiary/aromatic N) is 2. The van der Waals surface area contributed by atoms with Crippen LogP contribution in [-0.2, 0) is 6.54 Å². The predicted octanol–water partition coefficient (Wildman–Crippen LogP) is 3.92. The monoisotopic (exact) mass is 500 g/mol. The number of guanidine groups is 1. The van der Waals surface area contributed by atoms with E-state index >= 15 is 0 Å². The molecule has 0 saturated heterocycles. The van der Waals surface area contributed by atoms with Gasteiger partial charge in [0.25, 0.3) is 0 Å². The van der Waals surface area contributed by atoms with E-state index in [0.29, 0.717) is 30.6 Å². The zero-order valence-electron chi connectivity index (χ0n) is 17.3. The van der Waals surface area contributed by atoms with Crippen molar-refractivity contribution in [3.63, 3.8) is 0 Å². The molecule has 0 radical (unpaired) electrons. The molecule has 7 nitrogen and oxygen atoms in total. The zero-order valence-corrected chi connectivity index (χ0v) is 19.6. The Bertz CT molecular complexity index is 812. The van der Waals surface area contributed by atoms with E-state index in [1.807, 2.05) is 45.2 Å². The van der Waals surface area contributed by atoms with Gasteiger partial charge in [-0.3, -0.25) is 9.98 Å². The molecular formula is C20H29IN4O3. The summed E-state index contributed by atoms with van der Waals surface area (Å²) in [6, 6.07) is 5.65. The van der Waals surface area contributed by atoms with Gasteiger partial charge in [-0.05, 0) is 32.9 Å². The first-order valence-corrected chi connectivity index (χ1v) is 8.81. The number of hydrogen-bond acceptors (Lipinski definition) is 5. The number of rotatable bonds is 7. The van der Waals surface area contributed by atoms with Crippen molar-refractivity contribution >= 4 is 35.6 Å². The number of benzene rings is 1. The highest BCUT2D eigenvalue weighted by molar-refractivity contribution is 14.0. The summed E-state index contributed by atoms with van der Waals surface area (Å²) in [5.74, 6) is 2.86. The summed E-state index contributed by atoms with van der Waals surface area (Å²) in [5.41, 5.74) is 3.79. The van der Waals surface area contributed by atoms with Gasteiger partial charge in [-0.25, -0.2) is 0 Å². The smallest absolute Gasteiger partial charge is 0.195 e. The molecule has 0 aliphatic carbocycles. The molecule has 0 saturated carbocycles. The SMILES string of the molecule is CCOc1cc(NC(=NC)NCc2ncc(C)c(OC)c2C)ccc1OC.I.